The molecule has 2 aromatic carbocycles. The van der Waals surface area contributed by atoms with Crippen LogP contribution in [0.15, 0.2) is 42.5 Å². The molecule has 2 amide bonds. The summed E-state index contributed by atoms with van der Waals surface area (Å²) in [4.78, 5) is 25.6. The molecule has 1 heterocycles. The molecule has 1 N–H and O–H groups in total. The van der Waals surface area contributed by atoms with E-state index in [1.54, 1.807) is 35.2 Å². The van der Waals surface area contributed by atoms with E-state index >= 15 is 0 Å². The van der Waals surface area contributed by atoms with E-state index in [0.717, 1.165) is 5.56 Å². The Labute approximate surface area is 139 Å². The Morgan fingerprint density at radius 1 is 1.25 bits per heavy atom. The summed E-state index contributed by atoms with van der Waals surface area (Å²) in [5.41, 5.74) is 1.95. The summed E-state index contributed by atoms with van der Waals surface area (Å²) in [5.74, 6) is -0.0430. The molecule has 1 aliphatic heterocycles. The van der Waals surface area contributed by atoms with Crippen molar-refractivity contribution in [3.63, 3.8) is 0 Å². The van der Waals surface area contributed by atoms with Crippen LogP contribution in [0.5, 0.6) is 5.75 Å². The van der Waals surface area contributed by atoms with Crippen molar-refractivity contribution in [2.24, 2.45) is 0 Å². The van der Waals surface area contributed by atoms with Gasteiger partial charge in [-0.05, 0) is 42.8 Å². The molecule has 0 unspecified atom stereocenters. The number of ether oxygens (including phenoxy) is 1. The number of anilines is 2. The Morgan fingerprint density at radius 2 is 2.00 bits per heavy atom. The molecule has 0 aromatic heterocycles. The molecule has 0 saturated heterocycles. The van der Waals surface area contributed by atoms with Gasteiger partial charge < -0.3 is 15.0 Å². The molecule has 0 aliphatic carbocycles. The number of fused-ring (bicyclic) bond motifs is 1. The van der Waals surface area contributed by atoms with E-state index in [1.807, 2.05) is 6.92 Å². The number of benzene rings is 2. The van der Waals surface area contributed by atoms with Gasteiger partial charge in [0.15, 0.2) is 6.61 Å². The Kier molecular flexibility index (Phi) is 4.46. The summed E-state index contributed by atoms with van der Waals surface area (Å²) in [5, 5.41) is 2.79. The van der Waals surface area contributed by atoms with Crippen molar-refractivity contribution in [3.8, 4) is 5.75 Å². The van der Waals surface area contributed by atoms with Gasteiger partial charge in [0.05, 0.1) is 12.1 Å². The Morgan fingerprint density at radius 3 is 2.71 bits per heavy atom. The molecule has 0 spiro atoms. The average Bonchev–Trinajstić information content (AvgIpc) is 2.57. The van der Waals surface area contributed by atoms with Gasteiger partial charge in [-0.15, -0.1) is 0 Å². The number of hydrogen-bond donors (Lipinski definition) is 1. The zero-order chi connectivity index (χ0) is 17.1. The minimum atomic E-state index is -0.335. The Hall–Kier alpha value is -2.89. The van der Waals surface area contributed by atoms with E-state index in [4.69, 9.17) is 4.74 Å². The van der Waals surface area contributed by atoms with Crippen LogP contribution in [-0.2, 0) is 16.0 Å². The zero-order valence-corrected chi connectivity index (χ0v) is 13.2. The number of rotatable bonds is 4. The number of nitrogens with one attached hydrogen (secondary N) is 1. The molecule has 2 aromatic rings. The highest BCUT2D eigenvalue weighted by Crippen LogP contribution is 2.34. The molecule has 0 saturated carbocycles. The van der Waals surface area contributed by atoms with Crippen LogP contribution in [0, 0.1) is 5.82 Å². The summed E-state index contributed by atoms with van der Waals surface area (Å²) in [6.45, 7) is 2.44. The number of carbonyl (C=O) groups is 2. The minimum absolute atomic E-state index is 0.0249. The average molecular weight is 328 g/mol. The molecular weight excluding hydrogens is 311 g/mol. The third-order valence-corrected chi connectivity index (χ3v) is 3.78. The van der Waals surface area contributed by atoms with Crippen molar-refractivity contribution in [1.82, 2.24) is 0 Å². The second kappa shape index (κ2) is 6.70. The first-order valence-electron chi connectivity index (χ1n) is 7.68. The van der Waals surface area contributed by atoms with Crippen molar-refractivity contribution < 1.29 is 18.7 Å². The maximum absolute atomic E-state index is 12.9. The number of nitrogens with zero attached hydrogens (tertiary/aromatic N) is 1. The summed E-state index contributed by atoms with van der Waals surface area (Å²) in [7, 11) is 0. The lowest BCUT2D eigenvalue weighted by atomic mass is 10.1. The lowest BCUT2D eigenvalue weighted by molar-refractivity contribution is -0.121. The molecule has 124 valence electrons. The third-order valence-electron chi connectivity index (χ3n) is 3.78. The molecular formula is C18H17FN2O3. The van der Waals surface area contributed by atoms with Crippen LogP contribution in [0.3, 0.4) is 0 Å². The van der Waals surface area contributed by atoms with Gasteiger partial charge in [0, 0.05) is 12.2 Å². The second-order valence-corrected chi connectivity index (χ2v) is 5.46. The van der Waals surface area contributed by atoms with Gasteiger partial charge in [-0.25, -0.2) is 4.39 Å². The monoisotopic (exact) mass is 328 g/mol. The largest absolute Gasteiger partial charge is 0.482 e. The lowest BCUT2D eigenvalue weighted by Gasteiger charge is -2.28. The van der Waals surface area contributed by atoms with Crippen molar-refractivity contribution in [1.29, 1.82) is 0 Å². The highest BCUT2D eigenvalue weighted by atomic mass is 19.1. The van der Waals surface area contributed by atoms with Crippen LogP contribution in [0.25, 0.3) is 0 Å². The SMILES string of the molecule is CCN1C(=O)COc2ccc(NC(=O)Cc3ccc(F)cc3)cc21. The van der Waals surface area contributed by atoms with Crippen LogP contribution in [0.1, 0.15) is 12.5 Å². The summed E-state index contributed by atoms with van der Waals surface area (Å²) in [6, 6.07) is 11.0. The Balaban J connectivity index is 1.73. The van der Waals surface area contributed by atoms with Crippen molar-refractivity contribution in [3.05, 3.63) is 53.8 Å². The normalized spacial score (nSPS) is 13.2. The van der Waals surface area contributed by atoms with Gasteiger partial charge in [0.25, 0.3) is 5.91 Å². The van der Waals surface area contributed by atoms with Gasteiger partial charge in [-0.1, -0.05) is 12.1 Å². The van der Waals surface area contributed by atoms with Crippen LogP contribution < -0.4 is 15.0 Å². The molecule has 1 aliphatic rings. The standard InChI is InChI=1S/C18H17FN2O3/c1-2-21-15-10-14(7-8-16(15)24-11-18(21)23)20-17(22)9-12-3-5-13(19)6-4-12/h3-8,10H,2,9,11H2,1H3,(H,20,22). The maximum Gasteiger partial charge on any atom is 0.265 e. The van der Waals surface area contributed by atoms with E-state index in [9.17, 15) is 14.0 Å². The molecule has 0 fully saturated rings. The Bertz CT molecular complexity index is 774. The molecule has 24 heavy (non-hydrogen) atoms. The van der Waals surface area contributed by atoms with Crippen LogP contribution in [0.2, 0.25) is 0 Å². The zero-order valence-electron chi connectivity index (χ0n) is 13.2. The topological polar surface area (TPSA) is 58.6 Å². The number of carbonyl (C=O) groups excluding carboxylic acids is 2. The van der Waals surface area contributed by atoms with Gasteiger partial charge in [-0.3, -0.25) is 9.59 Å². The fourth-order valence-corrected chi connectivity index (χ4v) is 2.62. The highest BCUT2D eigenvalue weighted by molar-refractivity contribution is 5.99. The van der Waals surface area contributed by atoms with E-state index in [1.165, 1.54) is 12.1 Å². The molecule has 6 heteroatoms. The van der Waals surface area contributed by atoms with E-state index in [-0.39, 0.29) is 30.7 Å². The predicted molar refractivity (Wildman–Crippen MR) is 88.7 cm³/mol. The number of halogens is 1. The van der Waals surface area contributed by atoms with Crippen LogP contribution in [-0.4, -0.2) is 25.0 Å². The molecule has 0 atom stereocenters. The predicted octanol–water partition coefficient (Wildman–Crippen LogP) is 2.75. The van der Waals surface area contributed by atoms with Gasteiger partial charge in [0.1, 0.15) is 11.6 Å². The van der Waals surface area contributed by atoms with Gasteiger partial charge in [0.2, 0.25) is 5.91 Å². The number of hydrogen-bond acceptors (Lipinski definition) is 3. The first-order chi connectivity index (χ1) is 11.6. The summed E-state index contributed by atoms with van der Waals surface area (Å²) in [6.07, 6.45) is 0.143. The number of amides is 2. The second-order valence-electron chi connectivity index (χ2n) is 5.46. The molecule has 5 nitrogen and oxygen atoms in total. The minimum Gasteiger partial charge on any atom is -0.482 e. The fourth-order valence-electron chi connectivity index (χ4n) is 2.62. The van der Waals surface area contributed by atoms with Crippen molar-refractivity contribution in [2.75, 3.05) is 23.4 Å². The molecule has 0 bridgehead atoms. The number of likely N-dealkylation sites (N-methyl/N-ethyl adjacent to an activating group) is 1. The quantitative estimate of drug-likeness (QED) is 0.939. The highest BCUT2D eigenvalue weighted by Gasteiger charge is 2.24. The van der Waals surface area contributed by atoms with Crippen LogP contribution in [0.4, 0.5) is 15.8 Å². The van der Waals surface area contributed by atoms with Crippen LogP contribution >= 0.6 is 0 Å². The van der Waals surface area contributed by atoms with Crippen molar-refractivity contribution >= 4 is 23.2 Å². The molecule has 3 rings (SSSR count). The molecule has 0 radical (unpaired) electrons. The summed E-state index contributed by atoms with van der Waals surface area (Å²) < 4.78 is 18.3. The third kappa shape index (κ3) is 3.37. The van der Waals surface area contributed by atoms with Gasteiger partial charge in [-0.2, -0.15) is 0 Å². The first-order valence-corrected chi connectivity index (χ1v) is 7.68. The van der Waals surface area contributed by atoms with Gasteiger partial charge >= 0.3 is 0 Å². The summed E-state index contributed by atoms with van der Waals surface area (Å²) >= 11 is 0. The smallest absolute Gasteiger partial charge is 0.265 e. The lowest BCUT2D eigenvalue weighted by Crippen LogP contribution is -2.38. The first kappa shape index (κ1) is 16.0. The maximum atomic E-state index is 12.9. The van der Waals surface area contributed by atoms with E-state index in [0.29, 0.717) is 23.7 Å². The van der Waals surface area contributed by atoms with E-state index in [2.05, 4.69) is 5.32 Å². The van der Waals surface area contributed by atoms with Crippen molar-refractivity contribution in [2.45, 2.75) is 13.3 Å². The fraction of sp³-hybridized carbons (Fsp3) is 0.222. The van der Waals surface area contributed by atoms with E-state index < -0.39 is 0 Å².